The quantitative estimate of drug-likeness (QED) is 0.850. The Morgan fingerprint density at radius 3 is 2.39 bits per heavy atom. The summed E-state index contributed by atoms with van der Waals surface area (Å²) < 4.78 is 10.3. The summed E-state index contributed by atoms with van der Waals surface area (Å²) in [6.07, 6.45) is -0.955. The number of carbonyl (C=O) groups is 2. The van der Waals surface area contributed by atoms with Crippen molar-refractivity contribution in [3.63, 3.8) is 0 Å². The molecular weight excluding hydrogens is 318 g/mol. The monoisotopic (exact) mass is 333 g/mol. The van der Waals surface area contributed by atoms with Crippen molar-refractivity contribution in [2.75, 3.05) is 12.4 Å². The molecule has 0 heterocycles. The van der Waals surface area contributed by atoms with E-state index in [1.807, 2.05) is 0 Å². The summed E-state index contributed by atoms with van der Waals surface area (Å²) in [6, 6.07) is 13.2. The summed E-state index contributed by atoms with van der Waals surface area (Å²) in [4.78, 5) is 24.1. The second kappa shape index (κ2) is 7.65. The number of para-hydroxylation sites is 2. The number of halogens is 1. The Kier molecular flexibility index (Phi) is 5.60. The molecule has 23 heavy (non-hydrogen) atoms. The van der Waals surface area contributed by atoms with Gasteiger partial charge >= 0.3 is 5.97 Å². The van der Waals surface area contributed by atoms with Gasteiger partial charge in [-0.15, -0.1) is 0 Å². The SMILES string of the molecule is COc1ccccc1NC(=O)[C@H](C)OC(=O)c1ccc(Cl)cc1. The molecule has 0 bridgehead atoms. The van der Waals surface area contributed by atoms with Crippen molar-refractivity contribution in [2.45, 2.75) is 13.0 Å². The minimum atomic E-state index is -0.955. The molecule has 0 radical (unpaired) electrons. The zero-order valence-corrected chi connectivity index (χ0v) is 13.5. The van der Waals surface area contributed by atoms with Gasteiger partial charge in [-0.25, -0.2) is 4.79 Å². The number of methoxy groups -OCH3 is 1. The van der Waals surface area contributed by atoms with Gasteiger partial charge in [0.2, 0.25) is 0 Å². The Morgan fingerprint density at radius 1 is 1.09 bits per heavy atom. The number of ether oxygens (including phenoxy) is 2. The first kappa shape index (κ1) is 16.8. The number of esters is 1. The molecule has 0 saturated heterocycles. The van der Waals surface area contributed by atoms with Crippen LogP contribution in [0.25, 0.3) is 0 Å². The minimum Gasteiger partial charge on any atom is -0.495 e. The number of amides is 1. The van der Waals surface area contributed by atoms with Crippen LogP contribution in [0.3, 0.4) is 0 Å². The maximum atomic E-state index is 12.1. The lowest BCUT2D eigenvalue weighted by atomic mass is 10.2. The van der Waals surface area contributed by atoms with Crippen molar-refractivity contribution in [3.05, 3.63) is 59.1 Å². The third kappa shape index (κ3) is 4.47. The lowest BCUT2D eigenvalue weighted by Crippen LogP contribution is -2.30. The summed E-state index contributed by atoms with van der Waals surface area (Å²) in [6.45, 7) is 1.50. The van der Waals surface area contributed by atoms with E-state index in [1.165, 1.54) is 26.2 Å². The van der Waals surface area contributed by atoms with E-state index in [2.05, 4.69) is 5.32 Å². The molecule has 0 aromatic heterocycles. The van der Waals surface area contributed by atoms with Gasteiger partial charge in [0.05, 0.1) is 18.4 Å². The molecule has 120 valence electrons. The number of hydrogen-bond donors (Lipinski definition) is 1. The van der Waals surface area contributed by atoms with Crippen molar-refractivity contribution in [3.8, 4) is 5.75 Å². The Bertz CT molecular complexity index is 700. The van der Waals surface area contributed by atoms with Gasteiger partial charge in [0.1, 0.15) is 5.75 Å². The van der Waals surface area contributed by atoms with Gasteiger partial charge in [0.25, 0.3) is 5.91 Å². The first-order chi connectivity index (χ1) is 11.0. The van der Waals surface area contributed by atoms with Gasteiger partial charge in [-0.3, -0.25) is 4.79 Å². The second-order valence-corrected chi connectivity index (χ2v) is 5.18. The molecule has 0 fully saturated rings. The molecule has 0 aliphatic carbocycles. The summed E-state index contributed by atoms with van der Waals surface area (Å²) in [7, 11) is 1.51. The highest BCUT2D eigenvalue weighted by Crippen LogP contribution is 2.23. The molecule has 0 aliphatic rings. The predicted molar refractivity (Wildman–Crippen MR) is 88.0 cm³/mol. The number of carbonyl (C=O) groups excluding carboxylic acids is 2. The molecule has 2 aromatic carbocycles. The maximum Gasteiger partial charge on any atom is 0.338 e. The lowest BCUT2D eigenvalue weighted by molar-refractivity contribution is -0.123. The summed E-state index contributed by atoms with van der Waals surface area (Å²) in [5.74, 6) is -0.516. The van der Waals surface area contributed by atoms with E-state index in [4.69, 9.17) is 21.1 Å². The molecular formula is C17H16ClNO4. The molecule has 0 unspecified atom stereocenters. The first-order valence-corrected chi connectivity index (χ1v) is 7.29. The van der Waals surface area contributed by atoms with Crippen molar-refractivity contribution in [2.24, 2.45) is 0 Å². The second-order valence-electron chi connectivity index (χ2n) is 4.74. The molecule has 1 amide bonds. The summed E-state index contributed by atoms with van der Waals surface area (Å²) >= 11 is 5.76. The van der Waals surface area contributed by atoms with E-state index >= 15 is 0 Å². The molecule has 5 nitrogen and oxygen atoms in total. The molecule has 1 atom stereocenters. The Balaban J connectivity index is 1.99. The highest BCUT2D eigenvalue weighted by molar-refractivity contribution is 6.30. The van der Waals surface area contributed by atoms with Crippen molar-refractivity contribution in [1.29, 1.82) is 0 Å². The number of hydrogen-bond acceptors (Lipinski definition) is 4. The average molecular weight is 334 g/mol. The van der Waals surface area contributed by atoms with Crippen LogP contribution in [-0.2, 0) is 9.53 Å². The number of anilines is 1. The van der Waals surface area contributed by atoms with Gasteiger partial charge in [0.15, 0.2) is 6.10 Å². The van der Waals surface area contributed by atoms with Crippen molar-refractivity contribution >= 4 is 29.2 Å². The van der Waals surface area contributed by atoms with E-state index in [-0.39, 0.29) is 0 Å². The molecule has 1 N–H and O–H groups in total. The van der Waals surface area contributed by atoms with Crippen molar-refractivity contribution in [1.82, 2.24) is 0 Å². The zero-order valence-electron chi connectivity index (χ0n) is 12.7. The largest absolute Gasteiger partial charge is 0.495 e. The van der Waals surface area contributed by atoms with Gasteiger partial charge in [-0.2, -0.15) is 0 Å². The third-order valence-corrected chi connectivity index (χ3v) is 3.35. The van der Waals surface area contributed by atoms with Crippen molar-refractivity contribution < 1.29 is 19.1 Å². The topological polar surface area (TPSA) is 64.6 Å². The maximum absolute atomic E-state index is 12.1. The number of rotatable bonds is 5. The molecule has 0 saturated carbocycles. The fourth-order valence-corrected chi connectivity index (χ4v) is 1.98. The number of benzene rings is 2. The molecule has 0 spiro atoms. The first-order valence-electron chi connectivity index (χ1n) is 6.91. The summed E-state index contributed by atoms with van der Waals surface area (Å²) in [5, 5.41) is 3.18. The van der Waals surface area contributed by atoms with Crippen LogP contribution >= 0.6 is 11.6 Å². The fourth-order valence-electron chi connectivity index (χ4n) is 1.85. The van der Waals surface area contributed by atoms with Gasteiger partial charge in [-0.1, -0.05) is 23.7 Å². The Morgan fingerprint density at radius 2 is 1.74 bits per heavy atom. The van der Waals surface area contributed by atoms with E-state index in [0.29, 0.717) is 22.0 Å². The zero-order chi connectivity index (χ0) is 16.8. The van der Waals surface area contributed by atoms with Crippen LogP contribution in [0.1, 0.15) is 17.3 Å². The predicted octanol–water partition coefficient (Wildman–Crippen LogP) is 3.53. The van der Waals surface area contributed by atoms with Gasteiger partial charge in [-0.05, 0) is 43.3 Å². The van der Waals surface area contributed by atoms with Crippen LogP contribution in [-0.4, -0.2) is 25.1 Å². The average Bonchev–Trinajstić information content (AvgIpc) is 2.55. The smallest absolute Gasteiger partial charge is 0.338 e. The van der Waals surface area contributed by atoms with E-state index in [0.717, 1.165) is 0 Å². The number of nitrogens with one attached hydrogen (secondary N) is 1. The van der Waals surface area contributed by atoms with Gasteiger partial charge < -0.3 is 14.8 Å². The van der Waals surface area contributed by atoms with Crippen LogP contribution in [0.4, 0.5) is 5.69 Å². The molecule has 6 heteroatoms. The van der Waals surface area contributed by atoms with E-state index < -0.39 is 18.0 Å². The molecule has 0 aliphatic heterocycles. The van der Waals surface area contributed by atoms with E-state index in [9.17, 15) is 9.59 Å². The highest BCUT2D eigenvalue weighted by Gasteiger charge is 2.20. The Labute approximate surface area is 139 Å². The lowest BCUT2D eigenvalue weighted by Gasteiger charge is -2.15. The van der Waals surface area contributed by atoms with Crippen LogP contribution in [0.2, 0.25) is 5.02 Å². The minimum absolute atomic E-state index is 0.325. The normalized spacial score (nSPS) is 11.4. The van der Waals surface area contributed by atoms with Crippen LogP contribution in [0.5, 0.6) is 5.75 Å². The molecule has 2 rings (SSSR count). The van der Waals surface area contributed by atoms with Gasteiger partial charge in [0, 0.05) is 5.02 Å². The standard InChI is InChI=1S/C17H16ClNO4/c1-11(23-17(21)12-7-9-13(18)10-8-12)16(20)19-14-5-3-4-6-15(14)22-2/h3-11H,1-2H3,(H,19,20)/t11-/m0/s1. The van der Waals surface area contributed by atoms with E-state index in [1.54, 1.807) is 36.4 Å². The molecule has 2 aromatic rings. The highest BCUT2D eigenvalue weighted by atomic mass is 35.5. The fraction of sp³-hybridized carbons (Fsp3) is 0.176. The summed E-state index contributed by atoms with van der Waals surface area (Å²) in [5.41, 5.74) is 0.834. The Hall–Kier alpha value is -2.53. The third-order valence-electron chi connectivity index (χ3n) is 3.10. The van der Waals surface area contributed by atoms with Crippen LogP contribution in [0, 0.1) is 0 Å². The van der Waals surface area contributed by atoms with Crippen LogP contribution < -0.4 is 10.1 Å². The van der Waals surface area contributed by atoms with Crippen LogP contribution in [0.15, 0.2) is 48.5 Å².